The number of hydrogen-bond acceptors (Lipinski definition) is 5. The summed E-state index contributed by atoms with van der Waals surface area (Å²) >= 11 is 0. The first-order chi connectivity index (χ1) is 10.0. The number of carbonyl (C=O) groups excluding carboxylic acids is 1. The van der Waals surface area contributed by atoms with Crippen molar-refractivity contribution in [1.29, 1.82) is 0 Å². The largest absolute Gasteiger partial charge is 0.370 e. The number of likely N-dealkylation sites (N-methyl/N-ethyl adjacent to an activating group) is 2. The topological polar surface area (TPSA) is 61.4 Å². The summed E-state index contributed by atoms with van der Waals surface area (Å²) < 4.78 is 0. The van der Waals surface area contributed by atoms with Crippen LogP contribution in [0.2, 0.25) is 0 Å². The highest BCUT2D eigenvalue weighted by Gasteiger charge is 2.14. The molecule has 0 saturated carbocycles. The normalized spacial score (nSPS) is 10.3. The van der Waals surface area contributed by atoms with Gasteiger partial charge in [0.15, 0.2) is 0 Å². The molecule has 0 atom stereocenters. The molecule has 0 fully saturated rings. The van der Waals surface area contributed by atoms with E-state index in [0.29, 0.717) is 6.54 Å². The number of hydrogen-bond donors (Lipinski definition) is 1. The molecule has 0 unspecified atom stereocenters. The zero-order valence-electron chi connectivity index (χ0n) is 13.8. The SMILES string of the molecule is CCCc1nc(NCC)cc(N(CC)CC(=O)N(C)C)n1. The molecule has 0 aromatic carbocycles. The minimum atomic E-state index is 0.0671. The Labute approximate surface area is 127 Å². The average molecular weight is 293 g/mol. The summed E-state index contributed by atoms with van der Waals surface area (Å²) in [5, 5.41) is 3.23. The van der Waals surface area contributed by atoms with Gasteiger partial charge in [0.05, 0.1) is 6.54 Å². The smallest absolute Gasteiger partial charge is 0.241 e. The number of carbonyl (C=O) groups is 1. The molecule has 0 aliphatic heterocycles. The molecule has 0 saturated heterocycles. The molecule has 1 amide bonds. The van der Waals surface area contributed by atoms with Gasteiger partial charge in [0, 0.05) is 39.7 Å². The summed E-state index contributed by atoms with van der Waals surface area (Å²) in [7, 11) is 3.53. The van der Waals surface area contributed by atoms with Gasteiger partial charge in [0.25, 0.3) is 0 Å². The van der Waals surface area contributed by atoms with Crippen LogP contribution < -0.4 is 10.2 Å². The second-order valence-corrected chi connectivity index (χ2v) is 5.11. The molecule has 6 nitrogen and oxygen atoms in total. The number of nitrogens with zero attached hydrogens (tertiary/aromatic N) is 4. The van der Waals surface area contributed by atoms with Gasteiger partial charge in [-0.1, -0.05) is 6.92 Å². The summed E-state index contributed by atoms with van der Waals surface area (Å²) in [5.41, 5.74) is 0. The maximum Gasteiger partial charge on any atom is 0.241 e. The maximum absolute atomic E-state index is 11.9. The summed E-state index contributed by atoms with van der Waals surface area (Å²) in [5.74, 6) is 2.52. The number of amides is 1. The zero-order valence-corrected chi connectivity index (χ0v) is 13.8. The van der Waals surface area contributed by atoms with Crippen LogP contribution in [-0.4, -0.2) is 54.5 Å². The van der Waals surface area contributed by atoms with Crippen molar-refractivity contribution in [2.45, 2.75) is 33.6 Å². The quantitative estimate of drug-likeness (QED) is 0.791. The van der Waals surface area contributed by atoms with Gasteiger partial charge in [0.2, 0.25) is 5.91 Å². The highest BCUT2D eigenvalue weighted by Crippen LogP contribution is 2.17. The van der Waals surface area contributed by atoms with Crippen molar-refractivity contribution in [3.8, 4) is 0 Å². The molecule has 0 radical (unpaired) electrons. The van der Waals surface area contributed by atoms with E-state index in [1.807, 2.05) is 24.8 Å². The Balaban J connectivity index is 3.03. The highest BCUT2D eigenvalue weighted by atomic mass is 16.2. The number of aromatic nitrogens is 2. The Hall–Kier alpha value is -1.85. The lowest BCUT2D eigenvalue weighted by Crippen LogP contribution is -2.37. The fourth-order valence-corrected chi connectivity index (χ4v) is 1.91. The van der Waals surface area contributed by atoms with E-state index in [1.165, 1.54) is 0 Å². The van der Waals surface area contributed by atoms with Gasteiger partial charge in [-0.2, -0.15) is 0 Å². The Morgan fingerprint density at radius 3 is 2.48 bits per heavy atom. The van der Waals surface area contributed by atoms with Gasteiger partial charge in [0.1, 0.15) is 17.5 Å². The monoisotopic (exact) mass is 293 g/mol. The second kappa shape index (κ2) is 8.44. The van der Waals surface area contributed by atoms with Crippen LogP contribution in [0.5, 0.6) is 0 Å². The molecule has 0 aliphatic rings. The van der Waals surface area contributed by atoms with E-state index in [4.69, 9.17) is 0 Å². The Morgan fingerprint density at radius 1 is 1.24 bits per heavy atom. The first kappa shape index (κ1) is 17.2. The molecular formula is C15H27N5O. The van der Waals surface area contributed by atoms with Crippen LogP contribution in [-0.2, 0) is 11.2 Å². The van der Waals surface area contributed by atoms with E-state index in [0.717, 1.165) is 43.4 Å². The van der Waals surface area contributed by atoms with Gasteiger partial charge < -0.3 is 15.1 Å². The van der Waals surface area contributed by atoms with E-state index in [1.54, 1.807) is 19.0 Å². The lowest BCUT2D eigenvalue weighted by atomic mass is 10.3. The molecule has 1 N–H and O–H groups in total. The standard InChI is InChI=1S/C15H27N5O/c1-6-9-12-17-13(16-7-2)10-14(18-12)20(8-3)11-15(21)19(4)5/h10H,6-9,11H2,1-5H3,(H,16,17,18). The van der Waals surface area contributed by atoms with E-state index >= 15 is 0 Å². The Morgan fingerprint density at radius 2 is 1.95 bits per heavy atom. The van der Waals surface area contributed by atoms with Crippen molar-refractivity contribution in [2.75, 3.05) is 43.9 Å². The molecule has 1 aromatic heterocycles. The maximum atomic E-state index is 11.9. The van der Waals surface area contributed by atoms with Crippen molar-refractivity contribution in [2.24, 2.45) is 0 Å². The van der Waals surface area contributed by atoms with Crippen LogP contribution in [0.4, 0.5) is 11.6 Å². The lowest BCUT2D eigenvalue weighted by molar-refractivity contribution is -0.127. The third-order valence-electron chi connectivity index (χ3n) is 3.12. The van der Waals surface area contributed by atoms with E-state index < -0.39 is 0 Å². The van der Waals surface area contributed by atoms with E-state index in [9.17, 15) is 4.79 Å². The van der Waals surface area contributed by atoms with Crippen LogP contribution in [0.25, 0.3) is 0 Å². The minimum Gasteiger partial charge on any atom is -0.370 e. The summed E-state index contributed by atoms with van der Waals surface area (Å²) in [6, 6.07) is 1.91. The predicted molar refractivity (Wildman–Crippen MR) is 86.8 cm³/mol. The van der Waals surface area contributed by atoms with E-state index in [-0.39, 0.29) is 5.91 Å². The first-order valence-electron chi connectivity index (χ1n) is 7.58. The molecule has 1 rings (SSSR count). The van der Waals surface area contributed by atoms with Crippen LogP contribution in [0.1, 0.15) is 33.0 Å². The number of aryl methyl sites for hydroxylation is 1. The zero-order chi connectivity index (χ0) is 15.8. The van der Waals surface area contributed by atoms with Crippen molar-refractivity contribution in [3.05, 3.63) is 11.9 Å². The summed E-state index contributed by atoms with van der Waals surface area (Å²) in [6.07, 6.45) is 1.84. The predicted octanol–water partition coefficient (Wildman–Crippen LogP) is 1.78. The van der Waals surface area contributed by atoms with Crippen LogP contribution in [0.3, 0.4) is 0 Å². The van der Waals surface area contributed by atoms with Gasteiger partial charge in [-0.15, -0.1) is 0 Å². The number of rotatable bonds is 8. The molecule has 1 aromatic rings. The molecule has 0 aliphatic carbocycles. The summed E-state index contributed by atoms with van der Waals surface area (Å²) in [4.78, 5) is 24.6. The van der Waals surface area contributed by atoms with Crippen molar-refractivity contribution >= 4 is 17.5 Å². The van der Waals surface area contributed by atoms with Gasteiger partial charge in [-0.05, 0) is 20.3 Å². The summed E-state index contributed by atoms with van der Waals surface area (Å²) in [6.45, 7) is 8.04. The van der Waals surface area contributed by atoms with Crippen molar-refractivity contribution in [1.82, 2.24) is 14.9 Å². The number of anilines is 2. The molecule has 0 spiro atoms. The molecule has 0 bridgehead atoms. The molecular weight excluding hydrogens is 266 g/mol. The van der Waals surface area contributed by atoms with Crippen molar-refractivity contribution in [3.63, 3.8) is 0 Å². The van der Waals surface area contributed by atoms with Gasteiger partial charge >= 0.3 is 0 Å². The van der Waals surface area contributed by atoms with Crippen LogP contribution >= 0.6 is 0 Å². The molecule has 1 heterocycles. The second-order valence-electron chi connectivity index (χ2n) is 5.11. The lowest BCUT2D eigenvalue weighted by Gasteiger charge is -2.24. The Bertz CT molecular complexity index is 437. The van der Waals surface area contributed by atoms with Crippen molar-refractivity contribution < 1.29 is 4.79 Å². The van der Waals surface area contributed by atoms with Gasteiger partial charge in [-0.3, -0.25) is 4.79 Å². The third-order valence-corrected chi connectivity index (χ3v) is 3.12. The minimum absolute atomic E-state index is 0.0671. The van der Waals surface area contributed by atoms with Crippen LogP contribution in [0.15, 0.2) is 6.07 Å². The van der Waals surface area contributed by atoms with Crippen LogP contribution in [0, 0.1) is 0 Å². The fourth-order valence-electron chi connectivity index (χ4n) is 1.91. The van der Waals surface area contributed by atoms with Gasteiger partial charge in [-0.25, -0.2) is 9.97 Å². The third kappa shape index (κ3) is 5.21. The molecule has 118 valence electrons. The molecule has 6 heteroatoms. The fraction of sp³-hybridized carbons (Fsp3) is 0.667. The number of nitrogens with one attached hydrogen (secondary N) is 1. The molecule has 21 heavy (non-hydrogen) atoms. The first-order valence-corrected chi connectivity index (χ1v) is 7.58. The van der Waals surface area contributed by atoms with E-state index in [2.05, 4.69) is 22.2 Å². The Kier molecular flexibility index (Phi) is 6.91. The average Bonchev–Trinajstić information content (AvgIpc) is 2.44. The highest BCUT2D eigenvalue weighted by molar-refractivity contribution is 5.80.